The molecule has 27 heavy (non-hydrogen) atoms. The number of thioether (sulfide) groups is 2. The van der Waals surface area contributed by atoms with Gasteiger partial charge >= 0.3 is 0 Å². The Balaban J connectivity index is 3.28. The van der Waals surface area contributed by atoms with Crippen molar-refractivity contribution in [1.29, 1.82) is 0 Å². The van der Waals surface area contributed by atoms with Crippen LogP contribution < -0.4 is 5.32 Å². The zero-order chi connectivity index (χ0) is 20.2. The van der Waals surface area contributed by atoms with Crippen molar-refractivity contribution < 1.29 is 4.79 Å². The van der Waals surface area contributed by atoms with Crippen molar-refractivity contribution in [2.45, 2.75) is 32.0 Å². The Kier molecular flexibility index (Phi) is 10.4. The average molecular weight is 403 g/mol. The van der Waals surface area contributed by atoms with Crippen LogP contribution in [0.15, 0.2) is 52.8 Å². The molecule has 0 atom stereocenters. The third kappa shape index (κ3) is 7.56. The van der Waals surface area contributed by atoms with E-state index >= 15 is 0 Å². The van der Waals surface area contributed by atoms with Crippen LogP contribution in [0, 0.1) is 0 Å². The summed E-state index contributed by atoms with van der Waals surface area (Å²) in [7, 11) is 0. The van der Waals surface area contributed by atoms with Crippen LogP contribution in [0.4, 0.5) is 0 Å². The maximum absolute atomic E-state index is 11.4. The van der Waals surface area contributed by atoms with Crippen molar-refractivity contribution in [3.63, 3.8) is 0 Å². The van der Waals surface area contributed by atoms with Crippen LogP contribution in [0.25, 0.3) is 11.6 Å². The van der Waals surface area contributed by atoms with Gasteiger partial charge in [-0.15, -0.1) is 0 Å². The van der Waals surface area contributed by atoms with Crippen molar-refractivity contribution in [3.8, 4) is 0 Å². The first-order chi connectivity index (χ1) is 13.0. The van der Waals surface area contributed by atoms with Crippen LogP contribution in [-0.2, 0) is 4.79 Å². The van der Waals surface area contributed by atoms with Gasteiger partial charge in [0.1, 0.15) is 0 Å². The first-order valence-corrected chi connectivity index (χ1v) is 10.9. The summed E-state index contributed by atoms with van der Waals surface area (Å²) in [6.45, 7) is 9.75. The molecule has 144 valence electrons. The van der Waals surface area contributed by atoms with Crippen molar-refractivity contribution in [2.24, 2.45) is 4.99 Å². The summed E-state index contributed by atoms with van der Waals surface area (Å²) in [5, 5.41) is 4.63. The molecule has 0 unspecified atom stereocenters. The molecule has 5 nitrogen and oxygen atoms in total. The summed E-state index contributed by atoms with van der Waals surface area (Å²) in [6, 6.07) is 2.05. The molecular formula is C20H26N4OS2. The fraction of sp³-hybridized carbons (Fsp3) is 0.300. The topological polar surface area (TPSA) is 67.2 Å². The fourth-order valence-corrected chi connectivity index (χ4v) is 2.97. The van der Waals surface area contributed by atoms with Crippen LogP contribution in [0.1, 0.15) is 32.2 Å². The number of aldehydes is 1. The van der Waals surface area contributed by atoms with Gasteiger partial charge in [-0.3, -0.25) is 9.79 Å². The van der Waals surface area contributed by atoms with Crippen molar-refractivity contribution in [3.05, 3.63) is 54.0 Å². The monoisotopic (exact) mass is 402 g/mol. The minimum absolute atomic E-state index is 0.218. The number of nitrogens with zero attached hydrogens (tertiary/aromatic N) is 3. The molecule has 7 heteroatoms. The van der Waals surface area contributed by atoms with E-state index in [1.807, 2.05) is 51.5 Å². The van der Waals surface area contributed by atoms with Gasteiger partial charge in [0.15, 0.2) is 16.6 Å². The van der Waals surface area contributed by atoms with Gasteiger partial charge in [0, 0.05) is 23.4 Å². The highest BCUT2D eigenvalue weighted by molar-refractivity contribution is 8.13. The van der Waals surface area contributed by atoms with E-state index in [9.17, 15) is 4.79 Å². The minimum atomic E-state index is 0.218. The van der Waals surface area contributed by atoms with E-state index < -0.39 is 0 Å². The van der Waals surface area contributed by atoms with Gasteiger partial charge in [-0.05, 0) is 45.4 Å². The number of aromatic nitrogens is 2. The summed E-state index contributed by atoms with van der Waals surface area (Å²) in [6.07, 6.45) is 13.6. The highest BCUT2D eigenvalue weighted by Gasteiger charge is 2.09. The van der Waals surface area contributed by atoms with Gasteiger partial charge in [0.25, 0.3) is 0 Å². The number of amidine groups is 1. The van der Waals surface area contributed by atoms with Gasteiger partial charge in [-0.1, -0.05) is 48.3 Å². The second-order valence-electron chi connectivity index (χ2n) is 5.57. The predicted octanol–water partition coefficient (Wildman–Crippen LogP) is 4.60. The normalized spacial score (nSPS) is 13.3. The molecule has 1 aromatic rings. The minimum Gasteiger partial charge on any atom is -0.341 e. The molecule has 0 aromatic carbocycles. The first kappa shape index (κ1) is 22.9. The number of carbonyl (C=O) groups is 1. The second kappa shape index (κ2) is 12.3. The lowest BCUT2D eigenvalue weighted by atomic mass is 10.0. The van der Waals surface area contributed by atoms with Crippen molar-refractivity contribution in [2.75, 3.05) is 12.5 Å². The number of carbonyl (C=O) groups excluding carboxylic acids is 1. The molecule has 0 saturated heterocycles. The number of nitrogens with one attached hydrogen (secondary N) is 1. The third-order valence-electron chi connectivity index (χ3n) is 3.20. The highest BCUT2D eigenvalue weighted by Crippen LogP contribution is 2.22. The molecule has 0 aliphatic carbocycles. The molecule has 0 spiro atoms. The quantitative estimate of drug-likeness (QED) is 0.130. The van der Waals surface area contributed by atoms with E-state index in [-0.39, 0.29) is 6.04 Å². The molecular weight excluding hydrogens is 376 g/mol. The summed E-state index contributed by atoms with van der Waals surface area (Å²) in [5.41, 5.74) is 2.59. The number of rotatable bonds is 8. The van der Waals surface area contributed by atoms with Crippen LogP contribution in [0.2, 0.25) is 0 Å². The Hall–Kier alpha value is -2.12. The number of hydrogen-bond acceptors (Lipinski definition) is 6. The lowest BCUT2D eigenvalue weighted by molar-refractivity contribution is -0.104. The molecule has 1 heterocycles. The third-order valence-corrected chi connectivity index (χ3v) is 4.36. The Bertz CT molecular complexity index is 780. The molecule has 1 N–H and O–H groups in total. The molecule has 0 fully saturated rings. The Labute approximate surface area is 170 Å². The smallest absolute Gasteiger partial charge is 0.188 e. The summed E-state index contributed by atoms with van der Waals surface area (Å²) in [5.74, 6) is 0. The van der Waals surface area contributed by atoms with Gasteiger partial charge in [0.05, 0.1) is 11.4 Å². The Morgan fingerprint density at radius 2 is 2.07 bits per heavy atom. The van der Waals surface area contributed by atoms with Crippen molar-refractivity contribution >= 4 is 46.6 Å². The fourth-order valence-electron chi connectivity index (χ4n) is 2.08. The van der Waals surface area contributed by atoms with Gasteiger partial charge in [0.2, 0.25) is 0 Å². The maximum atomic E-state index is 11.4. The van der Waals surface area contributed by atoms with Crippen LogP contribution in [-0.4, -0.2) is 40.0 Å². The molecule has 0 amide bonds. The SMILES string of the molecule is C=C/C(=C(C=O)\C=C/C)c1cc(/C=C/NC(=NC(C)C)SC)nc(SC)n1. The lowest BCUT2D eigenvalue weighted by Gasteiger charge is -2.08. The van der Waals surface area contributed by atoms with Gasteiger partial charge in [-0.25, -0.2) is 9.97 Å². The van der Waals surface area contributed by atoms with E-state index in [2.05, 4.69) is 26.9 Å². The first-order valence-electron chi connectivity index (χ1n) is 8.41. The van der Waals surface area contributed by atoms with Crippen molar-refractivity contribution in [1.82, 2.24) is 15.3 Å². The molecule has 0 radical (unpaired) electrons. The van der Waals surface area contributed by atoms with Gasteiger partial charge in [-0.2, -0.15) is 0 Å². The highest BCUT2D eigenvalue weighted by atomic mass is 32.2. The largest absolute Gasteiger partial charge is 0.341 e. The Morgan fingerprint density at radius 3 is 2.59 bits per heavy atom. The zero-order valence-corrected chi connectivity index (χ0v) is 18.0. The van der Waals surface area contributed by atoms with Crippen LogP contribution >= 0.6 is 23.5 Å². The number of aliphatic imine (C=N–C) groups is 1. The van der Waals surface area contributed by atoms with E-state index in [0.717, 1.165) is 17.1 Å². The summed E-state index contributed by atoms with van der Waals surface area (Å²) < 4.78 is 0. The van der Waals surface area contributed by atoms with E-state index in [1.54, 1.807) is 30.1 Å². The Morgan fingerprint density at radius 1 is 1.33 bits per heavy atom. The van der Waals surface area contributed by atoms with E-state index in [1.165, 1.54) is 11.8 Å². The molecule has 1 aromatic heterocycles. The lowest BCUT2D eigenvalue weighted by Crippen LogP contribution is -2.14. The second-order valence-corrected chi connectivity index (χ2v) is 7.13. The van der Waals surface area contributed by atoms with E-state index in [4.69, 9.17) is 0 Å². The maximum Gasteiger partial charge on any atom is 0.188 e. The summed E-state index contributed by atoms with van der Waals surface area (Å²) >= 11 is 2.99. The van der Waals surface area contributed by atoms with Crippen LogP contribution in [0.3, 0.4) is 0 Å². The van der Waals surface area contributed by atoms with Crippen LogP contribution in [0.5, 0.6) is 0 Å². The molecule has 0 aliphatic rings. The number of hydrogen-bond donors (Lipinski definition) is 1. The standard InChI is InChI=1S/C20H26N4OS2/c1-7-9-15(13-25)17(8-2)18-12-16(23-20(24-18)27-6)10-11-21-19(26-5)22-14(3)4/h7-14H,2H2,1,3-6H3,(H,21,22)/b9-7-,11-10+,17-15-. The molecule has 0 aliphatic heterocycles. The van der Waals surface area contributed by atoms with Gasteiger partial charge < -0.3 is 5.32 Å². The molecule has 0 saturated carbocycles. The zero-order valence-electron chi connectivity index (χ0n) is 16.4. The molecule has 1 rings (SSSR count). The average Bonchev–Trinajstić information content (AvgIpc) is 2.66. The predicted molar refractivity (Wildman–Crippen MR) is 120 cm³/mol. The number of allylic oxidation sites excluding steroid dienone is 5. The summed E-state index contributed by atoms with van der Waals surface area (Å²) in [4.78, 5) is 24.9. The molecule has 0 bridgehead atoms. The van der Waals surface area contributed by atoms with E-state index in [0.29, 0.717) is 22.0 Å².